The van der Waals surface area contributed by atoms with E-state index >= 15 is 0 Å². The zero-order valence-electron chi connectivity index (χ0n) is 10.1. The fraction of sp³-hybridized carbons (Fsp3) is 0.462. The number of methoxy groups -OCH3 is 1. The summed E-state index contributed by atoms with van der Waals surface area (Å²) < 4.78 is 5.29. The number of nitrogens with zero attached hydrogens (tertiary/aromatic N) is 1. The van der Waals surface area contributed by atoms with Crippen LogP contribution in [0.3, 0.4) is 0 Å². The van der Waals surface area contributed by atoms with Crippen LogP contribution < -0.4 is 10.1 Å². The number of hydrogen-bond donors (Lipinski definition) is 2. The van der Waals surface area contributed by atoms with Crippen molar-refractivity contribution in [2.75, 3.05) is 13.7 Å². The largest absolute Gasteiger partial charge is 0.506 e. The third-order valence-corrected chi connectivity index (χ3v) is 3.40. The lowest BCUT2D eigenvalue weighted by molar-refractivity contribution is 0.366. The quantitative estimate of drug-likeness (QED) is 0.817. The lowest BCUT2D eigenvalue weighted by atomic mass is 9.88. The van der Waals surface area contributed by atoms with Crippen molar-refractivity contribution in [1.29, 1.82) is 5.26 Å². The molecular formula is C13H16N2O2. The Labute approximate surface area is 101 Å². The Morgan fingerprint density at radius 2 is 2.29 bits per heavy atom. The van der Waals surface area contributed by atoms with Gasteiger partial charge >= 0.3 is 0 Å². The first-order chi connectivity index (χ1) is 8.10. The molecule has 2 N–H and O–H groups in total. The second-order valence-electron chi connectivity index (χ2n) is 4.54. The van der Waals surface area contributed by atoms with Gasteiger partial charge in [0, 0.05) is 17.2 Å². The van der Waals surface area contributed by atoms with Crippen LogP contribution in [-0.4, -0.2) is 18.8 Å². The van der Waals surface area contributed by atoms with Crippen LogP contribution in [0.15, 0.2) is 12.1 Å². The van der Waals surface area contributed by atoms with Crippen molar-refractivity contribution in [1.82, 2.24) is 5.32 Å². The summed E-state index contributed by atoms with van der Waals surface area (Å²) in [5.74, 6) is 0.591. The van der Waals surface area contributed by atoms with Crippen LogP contribution in [0.5, 0.6) is 11.5 Å². The molecule has 0 spiro atoms. The van der Waals surface area contributed by atoms with Crippen molar-refractivity contribution in [3.8, 4) is 17.6 Å². The molecule has 4 nitrogen and oxygen atoms in total. The molecule has 0 aliphatic carbocycles. The molecule has 1 aliphatic rings. The van der Waals surface area contributed by atoms with Gasteiger partial charge in [0.15, 0.2) is 0 Å². The molecule has 1 aromatic rings. The third kappa shape index (κ3) is 1.94. The number of phenols is 1. The topological polar surface area (TPSA) is 65.3 Å². The monoisotopic (exact) mass is 232 g/mol. The zero-order chi connectivity index (χ0) is 12.5. The van der Waals surface area contributed by atoms with Gasteiger partial charge in [0.2, 0.25) is 0 Å². The minimum absolute atomic E-state index is 0.0327. The average molecular weight is 232 g/mol. The smallest absolute Gasteiger partial charge is 0.137 e. The number of rotatable bonds is 2. The van der Waals surface area contributed by atoms with Gasteiger partial charge in [0.1, 0.15) is 17.6 Å². The highest BCUT2D eigenvalue weighted by atomic mass is 16.5. The van der Waals surface area contributed by atoms with Gasteiger partial charge in [0.25, 0.3) is 0 Å². The van der Waals surface area contributed by atoms with Crippen molar-refractivity contribution >= 4 is 0 Å². The highest BCUT2D eigenvalue weighted by Crippen LogP contribution is 2.39. The maximum Gasteiger partial charge on any atom is 0.137 e. The molecule has 1 atom stereocenters. The van der Waals surface area contributed by atoms with E-state index in [0.29, 0.717) is 5.75 Å². The lowest BCUT2D eigenvalue weighted by Crippen LogP contribution is -2.33. The number of hydrogen-bond acceptors (Lipinski definition) is 4. The third-order valence-electron chi connectivity index (χ3n) is 3.40. The Morgan fingerprint density at radius 3 is 2.82 bits per heavy atom. The van der Waals surface area contributed by atoms with Gasteiger partial charge in [-0.1, -0.05) is 0 Å². The van der Waals surface area contributed by atoms with E-state index in [1.807, 2.05) is 6.07 Å². The van der Waals surface area contributed by atoms with Crippen LogP contribution in [-0.2, 0) is 5.54 Å². The molecule has 0 amide bonds. The molecule has 90 valence electrons. The van der Waals surface area contributed by atoms with E-state index in [1.54, 1.807) is 13.2 Å². The van der Waals surface area contributed by atoms with Gasteiger partial charge in [-0.2, -0.15) is 5.26 Å². The molecule has 1 unspecified atom stereocenters. The van der Waals surface area contributed by atoms with Gasteiger partial charge in [-0.05, 0) is 32.4 Å². The lowest BCUT2D eigenvalue weighted by Gasteiger charge is -2.27. The van der Waals surface area contributed by atoms with E-state index in [2.05, 4.69) is 12.2 Å². The number of nitriles is 1. The molecule has 0 bridgehead atoms. The normalized spacial score (nSPS) is 23.4. The van der Waals surface area contributed by atoms with Crippen molar-refractivity contribution < 1.29 is 9.84 Å². The number of phenolic OH excluding ortho intramolecular Hbond substituents is 1. The van der Waals surface area contributed by atoms with Gasteiger partial charge in [-0.3, -0.25) is 0 Å². The van der Waals surface area contributed by atoms with E-state index in [-0.39, 0.29) is 16.9 Å². The van der Waals surface area contributed by atoms with Crippen LogP contribution >= 0.6 is 0 Å². The van der Waals surface area contributed by atoms with Crippen molar-refractivity contribution in [3.63, 3.8) is 0 Å². The molecule has 0 aromatic heterocycles. The minimum Gasteiger partial charge on any atom is -0.506 e. The van der Waals surface area contributed by atoms with E-state index in [0.717, 1.165) is 24.9 Å². The second kappa shape index (κ2) is 4.27. The minimum atomic E-state index is -0.176. The van der Waals surface area contributed by atoms with Crippen molar-refractivity contribution in [3.05, 3.63) is 23.3 Å². The van der Waals surface area contributed by atoms with Gasteiger partial charge in [-0.15, -0.1) is 0 Å². The maximum atomic E-state index is 9.65. The number of aromatic hydroxyl groups is 1. The summed E-state index contributed by atoms with van der Waals surface area (Å²) in [4.78, 5) is 0. The van der Waals surface area contributed by atoms with Gasteiger partial charge in [-0.25, -0.2) is 0 Å². The summed E-state index contributed by atoms with van der Waals surface area (Å²) in [5.41, 5.74) is 1.05. The predicted octanol–water partition coefficient (Wildman–Crippen LogP) is 1.87. The van der Waals surface area contributed by atoms with Gasteiger partial charge < -0.3 is 15.2 Å². The standard InChI is InChI=1S/C13H16N2O2/c1-13(4-3-5-15-13)10-6-9(8-14)11(16)7-12(10)17-2/h6-7,15-16H,3-5H2,1-2H3. The summed E-state index contributed by atoms with van der Waals surface area (Å²) in [5, 5.41) is 22.0. The molecule has 1 aromatic carbocycles. The first-order valence-electron chi connectivity index (χ1n) is 5.67. The Balaban J connectivity index is 2.55. The average Bonchev–Trinajstić information content (AvgIpc) is 2.76. The van der Waals surface area contributed by atoms with Gasteiger partial charge in [0.05, 0.1) is 12.7 Å². The molecular weight excluding hydrogens is 216 g/mol. The molecule has 17 heavy (non-hydrogen) atoms. The van der Waals surface area contributed by atoms with E-state index in [1.165, 1.54) is 6.07 Å². The Hall–Kier alpha value is -1.73. The van der Waals surface area contributed by atoms with Crippen LogP contribution in [0.1, 0.15) is 30.9 Å². The first kappa shape index (κ1) is 11.7. The highest BCUT2D eigenvalue weighted by molar-refractivity contribution is 5.53. The Bertz CT molecular complexity index is 471. The predicted molar refractivity (Wildman–Crippen MR) is 64.0 cm³/mol. The summed E-state index contributed by atoms with van der Waals surface area (Å²) >= 11 is 0. The Morgan fingerprint density at radius 1 is 1.53 bits per heavy atom. The molecule has 4 heteroatoms. The van der Waals surface area contributed by atoms with E-state index in [9.17, 15) is 5.11 Å². The van der Waals surface area contributed by atoms with Crippen LogP contribution in [0.4, 0.5) is 0 Å². The number of nitrogens with one attached hydrogen (secondary N) is 1. The maximum absolute atomic E-state index is 9.65. The number of ether oxygens (including phenoxy) is 1. The molecule has 0 radical (unpaired) electrons. The van der Waals surface area contributed by atoms with E-state index in [4.69, 9.17) is 10.00 Å². The highest BCUT2D eigenvalue weighted by Gasteiger charge is 2.33. The molecule has 1 heterocycles. The summed E-state index contributed by atoms with van der Waals surface area (Å²) in [7, 11) is 1.57. The fourth-order valence-electron chi connectivity index (χ4n) is 2.38. The summed E-state index contributed by atoms with van der Waals surface area (Å²) in [6.45, 7) is 3.05. The zero-order valence-corrected chi connectivity index (χ0v) is 10.1. The fourth-order valence-corrected chi connectivity index (χ4v) is 2.38. The molecule has 1 aliphatic heterocycles. The Kier molecular flexibility index (Phi) is 2.95. The van der Waals surface area contributed by atoms with Crippen LogP contribution in [0, 0.1) is 11.3 Å². The van der Waals surface area contributed by atoms with Crippen molar-refractivity contribution in [2.24, 2.45) is 0 Å². The van der Waals surface area contributed by atoms with E-state index < -0.39 is 0 Å². The van der Waals surface area contributed by atoms with Crippen molar-refractivity contribution in [2.45, 2.75) is 25.3 Å². The molecule has 1 fully saturated rings. The number of benzene rings is 1. The molecule has 0 saturated carbocycles. The summed E-state index contributed by atoms with van der Waals surface area (Å²) in [6.07, 6.45) is 2.10. The first-order valence-corrected chi connectivity index (χ1v) is 5.67. The summed E-state index contributed by atoms with van der Waals surface area (Å²) in [6, 6.07) is 5.22. The molecule has 2 rings (SSSR count). The molecule has 1 saturated heterocycles. The van der Waals surface area contributed by atoms with Crippen LogP contribution in [0.2, 0.25) is 0 Å². The second-order valence-corrected chi connectivity index (χ2v) is 4.54. The van der Waals surface area contributed by atoms with Crippen LogP contribution in [0.25, 0.3) is 0 Å². The SMILES string of the molecule is COc1cc(O)c(C#N)cc1C1(C)CCCN1.